The molecule has 1 saturated carbocycles. The molecule has 0 saturated heterocycles. The first-order valence-corrected chi connectivity index (χ1v) is 4.25. The Hall–Kier alpha value is 1.45. The predicted octanol–water partition coefficient (Wildman–Crippen LogP) is -4.13. The second-order valence-corrected chi connectivity index (χ2v) is 3.31. The Labute approximate surface area is 120 Å². The van der Waals surface area contributed by atoms with Gasteiger partial charge < -0.3 is 10.4 Å². The first kappa shape index (κ1) is 16.9. The van der Waals surface area contributed by atoms with Crippen molar-refractivity contribution in [2.24, 2.45) is 11.7 Å². The van der Waals surface area contributed by atoms with Gasteiger partial charge >= 0.3 is 58.7 Å². The monoisotopic (exact) mass is 219 g/mol. The number of hydrogen-bond acceptors (Lipinski definition) is 1. The van der Waals surface area contributed by atoms with Crippen molar-refractivity contribution < 1.29 is 64.7 Å². The fourth-order valence-corrected chi connectivity index (χ4v) is 1.72. The van der Waals surface area contributed by atoms with E-state index < -0.39 is 13.2 Å². The van der Waals surface area contributed by atoms with Crippen LogP contribution in [-0.4, -0.2) is 13.2 Å². The molecule has 72 valence electrons. The maximum Gasteiger partial charge on any atom is 1.00 e. The Kier molecular flexibility index (Phi) is 11.3. The second-order valence-electron chi connectivity index (χ2n) is 3.31. The van der Waals surface area contributed by atoms with E-state index in [9.17, 15) is 8.63 Å². The standard InChI is InChI=1S/C7H14BF2N.FH.K/c9-8(10)7(11)6-4-2-1-3-5-6;;/h6-7H,1-5,11H2;1H;/q;;+1/p-1. The number of nitrogens with two attached hydrogens (primary N) is 1. The van der Waals surface area contributed by atoms with Gasteiger partial charge in [0.15, 0.2) is 0 Å². The SMILES string of the molecule is NC(B(F)F)C1CCCCC1.[F-].[K+]. The Morgan fingerprint density at radius 1 is 1.15 bits per heavy atom. The van der Waals surface area contributed by atoms with Crippen LogP contribution in [0.15, 0.2) is 0 Å². The summed E-state index contributed by atoms with van der Waals surface area (Å²) in [6, 6.07) is 0. The first-order chi connectivity index (χ1) is 5.22. The zero-order valence-electron chi connectivity index (χ0n) is 7.98. The third-order valence-corrected chi connectivity index (χ3v) is 2.49. The van der Waals surface area contributed by atoms with E-state index >= 15 is 0 Å². The molecule has 0 aromatic rings. The van der Waals surface area contributed by atoms with E-state index in [0.717, 1.165) is 25.7 Å². The van der Waals surface area contributed by atoms with Gasteiger partial charge in [0.25, 0.3) is 0 Å². The third kappa shape index (κ3) is 5.79. The molecule has 1 rings (SSSR count). The summed E-state index contributed by atoms with van der Waals surface area (Å²) in [6.07, 6.45) is 5.12. The van der Waals surface area contributed by atoms with E-state index in [-0.39, 0.29) is 62.0 Å². The van der Waals surface area contributed by atoms with Gasteiger partial charge in [-0.05, 0) is 18.8 Å². The van der Waals surface area contributed by atoms with Gasteiger partial charge in [-0.3, -0.25) is 8.63 Å². The van der Waals surface area contributed by atoms with E-state index in [2.05, 4.69) is 0 Å². The Balaban J connectivity index is 0. The molecule has 1 aliphatic rings. The smallest absolute Gasteiger partial charge is 1.00 e. The van der Waals surface area contributed by atoms with Crippen molar-refractivity contribution in [3.05, 3.63) is 0 Å². The molecule has 1 atom stereocenters. The van der Waals surface area contributed by atoms with E-state index in [1.165, 1.54) is 6.42 Å². The van der Waals surface area contributed by atoms with Gasteiger partial charge in [-0.1, -0.05) is 19.3 Å². The van der Waals surface area contributed by atoms with E-state index in [4.69, 9.17) is 5.73 Å². The number of rotatable bonds is 2. The molecule has 6 heteroatoms. The van der Waals surface area contributed by atoms with E-state index in [0.29, 0.717) is 0 Å². The Morgan fingerprint density at radius 3 is 2.00 bits per heavy atom. The molecule has 0 heterocycles. The molecule has 2 N–H and O–H groups in total. The van der Waals surface area contributed by atoms with Gasteiger partial charge in [0.2, 0.25) is 0 Å². The minimum atomic E-state index is -2.34. The zero-order valence-corrected chi connectivity index (χ0v) is 11.1. The van der Waals surface area contributed by atoms with Crippen molar-refractivity contribution >= 4 is 7.27 Å². The van der Waals surface area contributed by atoms with Crippen LogP contribution in [0.2, 0.25) is 0 Å². The van der Waals surface area contributed by atoms with Gasteiger partial charge in [0.1, 0.15) is 0 Å². The summed E-state index contributed by atoms with van der Waals surface area (Å²) < 4.78 is 24.2. The Bertz CT molecular complexity index is 122. The average Bonchev–Trinajstić information content (AvgIpc) is 2.05. The summed E-state index contributed by atoms with van der Waals surface area (Å²) in [4.78, 5) is 0. The van der Waals surface area contributed by atoms with Crippen LogP contribution < -0.4 is 61.8 Å². The van der Waals surface area contributed by atoms with Crippen LogP contribution in [0.1, 0.15) is 32.1 Å². The maximum absolute atomic E-state index is 12.1. The van der Waals surface area contributed by atoms with Crippen LogP contribution in [0.25, 0.3) is 0 Å². The molecule has 13 heavy (non-hydrogen) atoms. The van der Waals surface area contributed by atoms with Gasteiger partial charge in [-0.25, -0.2) is 0 Å². The van der Waals surface area contributed by atoms with Crippen molar-refractivity contribution in [1.29, 1.82) is 0 Å². The molecule has 1 nitrogen and oxygen atoms in total. The molecule has 0 amide bonds. The topological polar surface area (TPSA) is 26.0 Å². The van der Waals surface area contributed by atoms with Crippen molar-refractivity contribution in [2.75, 3.05) is 0 Å². The summed E-state index contributed by atoms with van der Waals surface area (Å²) in [5.41, 5.74) is 5.34. The fraction of sp³-hybridized carbons (Fsp3) is 1.00. The van der Waals surface area contributed by atoms with Crippen molar-refractivity contribution in [1.82, 2.24) is 0 Å². The maximum atomic E-state index is 12.1. The van der Waals surface area contributed by atoms with Crippen LogP contribution in [0, 0.1) is 5.92 Å². The van der Waals surface area contributed by atoms with Crippen LogP contribution in [0.4, 0.5) is 8.63 Å². The number of hydrogen-bond donors (Lipinski definition) is 1. The van der Waals surface area contributed by atoms with Crippen molar-refractivity contribution in [3.8, 4) is 0 Å². The zero-order chi connectivity index (χ0) is 8.27. The molecule has 1 aliphatic carbocycles. The summed E-state index contributed by atoms with van der Waals surface area (Å²) in [6.45, 7) is 0. The molecular formula is C7H14BF3KN. The predicted molar refractivity (Wildman–Crippen MR) is 42.5 cm³/mol. The van der Waals surface area contributed by atoms with Crippen molar-refractivity contribution in [3.63, 3.8) is 0 Å². The van der Waals surface area contributed by atoms with Crippen molar-refractivity contribution in [2.45, 2.75) is 38.0 Å². The van der Waals surface area contributed by atoms with Crippen LogP contribution in [0.3, 0.4) is 0 Å². The summed E-state index contributed by atoms with van der Waals surface area (Å²) in [5, 5.41) is 0. The third-order valence-electron chi connectivity index (χ3n) is 2.49. The molecule has 1 fully saturated rings. The van der Waals surface area contributed by atoms with Gasteiger partial charge in [0.05, 0.1) is 5.94 Å². The fourth-order valence-electron chi connectivity index (χ4n) is 1.72. The van der Waals surface area contributed by atoms with E-state index in [1.807, 2.05) is 0 Å². The van der Waals surface area contributed by atoms with Crippen LogP contribution in [0.5, 0.6) is 0 Å². The minimum absolute atomic E-state index is 0. The molecule has 0 aromatic carbocycles. The average molecular weight is 219 g/mol. The Morgan fingerprint density at radius 2 is 1.62 bits per heavy atom. The summed E-state index contributed by atoms with van der Waals surface area (Å²) in [7, 11) is -2.34. The molecule has 0 radical (unpaired) electrons. The van der Waals surface area contributed by atoms with Crippen LogP contribution in [-0.2, 0) is 0 Å². The van der Waals surface area contributed by atoms with Gasteiger partial charge in [-0.2, -0.15) is 0 Å². The molecule has 0 bridgehead atoms. The largest absolute Gasteiger partial charge is 1.00 e. The number of halogens is 3. The molecular weight excluding hydrogens is 205 g/mol. The molecule has 0 aromatic heterocycles. The van der Waals surface area contributed by atoms with Gasteiger partial charge in [-0.15, -0.1) is 0 Å². The molecule has 0 aliphatic heterocycles. The quantitative estimate of drug-likeness (QED) is 0.469. The first-order valence-electron chi connectivity index (χ1n) is 4.25. The summed E-state index contributed by atoms with van der Waals surface area (Å²) in [5.74, 6) is -0.806. The van der Waals surface area contributed by atoms with E-state index in [1.54, 1.807) is 0 Å². The molecule has 0 spiro atoms. The normalized spacial score (nSPS) is 19.6. The summed E-state index contributed by atoms with van der Waals surface area (Å²) >= 11 is 0. The molecule has 1 unspecified atom stereocenters. The van der Waals surface area contributed by atoms with Crippen LogP contribution >= 0.6 is 0 Å². The second kappa shape index (κ2) is 8.74. The minimum Gasteiger partial charge on any atom is -1.00 e. The van der Waals surface area contributed by atoms with Gasteiger partial charge in [0, 0.05) is 0 Å².